The van der Waals surface area contributed by atoms with Crippen LogP contribution in [0.25, 0.3) is 0 Å². The van der Waals surface area contributed by atoms with E-state index >= 15 is 0 Å². The molecule has 0 bridgehead atoms. The highest BCUT2D eigenvalue weighted by atomic mass is 35.7. The number of nitrogens with zero attached hydrogens (tertiary/aromatic N) is 4. The zero-order chi connectivity index (χ0) is 15.6. The Labute approximate surface area is 127 Å². The van der Waals surface area contributed by atoms with E-state index in [1.165, 1.54) is 16.9 Å². The molecule has 0 aliphatic heterocycles. The molecule has 2 rings (SSSR count). The molecule has 0 fully saturated rings. The Kier molecular flexibility index (Phi) is 4.48. The van der Waals surface area contributed by atoms with Crippen molar-refractivity contribution < 1.29 is 13.2 Å². The Balaban J connectivity index is 2.26. The number of hydrogen-bond acceptors (Lipinski definition) is 6. The van der Waals surface area contributed by atoms with E-state index in [0.717, 1.165) is 5.56 Å². The average molecular weight is 331 g/mol. The summed E-state index contributed by atoms with van der Waals surface area (Å²) in [6.45, 7) is 4.03. The minimum atomic E-state index is -3.76. The third-order valence-electron chi connectivity index (χ3n) is 2.79. The van der Waals surface area contributed by atoms with Crippen molar-refractivity contribution in [2.75, 3.05) is 0 Å². The van der Waals surface area contributed by atoms with E-state index in [4.69, 9.17) is 15.4 Å². The van der Waals surface area contributed by atoms with Gasteiger partial charge in [-0.15, -0.1) is 10.2 Å². The number of tetrazole rings is 1. The molecule has 0 aliphatic carbocycles. The first-order valence-corrected chi connectivity index (χ1v) is 8.52. The molecule has 1 aromatic carbocycles. The maximum atomic E-state index is 11.4. The van der Waals surface area contributed by atoms with Crippen molar-refractivity contribution in [2.45, 2.75) is 31.3 Å². The van der Waals surface area contributed by atoms with Crippen LogP contribution in [-0.4, -0.2) is 28.6 Å². The fraction of sp³-hybridized carbons (Fsp3) is 0.417. The van der Waals surface area contributed by atoms with Crippen LogP contribution < -0.4 is 4.74 Å². The highest BCUT2D eigenvalue weighted by Gasteiger charge is 2.16. The molecule has 0 N–H and O–H groups in total. The van der Waals surface area contributed by atoms with Gasteiger partial charge in [-0.1, -0.05) is 13.8 Å². The molecule has 0 unspecified atom stereocenters. The lowest BCUT2D eigenvalue weighted by Crippen LogP contribution is -2.03. The van der Waals surface area contributed by atoms with Crippen molar-refractivity contribution in [2.24, 2.45) is 7.05 Å². The van der Waals surface area contributed by atoms with Crippen LogP contribution in [-0.2, 0) is 22.7 Å². The molecule has 114 valence electrons. The molecule has 0 saturated carbocycles. The van der Waals surface area contributed by atoms with Crippen LogP contribution in [0.5, 0.6) is 5.75 Å². The topological polar surface area (TPSA) is 87.0 Å². The molecule has 0 aliphatic rings. The fourth-order valence-corrected chi connectivity index (χ4v) is 2.57. The molecule has 0 amide bonds. The van der Waals surface area contributed by atoms with Crippen molar-refractivity contribution in [3.63, 3.8) is 0 Å². The summed E-state index contributed by atoms with van der Waals surface area (Å²) in [4.78, 5) is 1.39. The Morgan fingerprint density at radius 3 is 2.62 bits per heavy atom. The van der Waals surface area contributed by atoms with Crippen LogP contribution >= 0.6 is 10.7 Å². The molecule has 1 heterocycles. The first-order valence-electron chi connectivity index (χ1n) is 6.21. The summed E-state index contributed by atoms with van der Waals surface area (Å²) in [5.74, 6) is 1.09. The van der Waals surface area contributed by atoms with Gasteiger partial charge in [-0.05, 0) is 34.9 Å². The zero-order valence-corrected chi connectivity index (χ0v) is 13.4. The van der Waals surface area contributed by atoms with Crippen molar-refractivity contribution in [3.05, 3.63) is 29.6 Å². The molecule has 0 atom stereocenters. The van der Waals surface area contributed by atoms with E-state index in [2.05, 4.69) is 15.4 Å². The van der Waals surface area contributed by atoms with Gasteiger partial charge in [0.1, 0.15) is 5.75 Å². The summed E-state index contributed by atoms with van der Waals surface area (Å²) in [7, 11) is 3.27. The van der Waals surface area contributed by atoms with Crippen molar-refractivity contribution in [3.8, 4) is 5.75 Å². The van der Waals surface area contributed by atoms with Crippen molar-refractivity contribution >= 4 is 19.7 Å². The van der Waals surface area contributed by atoms with Gasteiger partial charge in [0.05, 0.1) is 11.9 Å². The van der Waals surface area contributed by atoms with E-state index in [0.29, 0.717) is 11.6 Å². The van der Waals surface area contributed by atoms with Crippen LogP contribution in [0.15, 0.2) is 23.1 Å². The van der Waals surface area contributed by atoms with Crippen LogP contribution in [0.1, 0.15) is 31.2 Å². The molecular formula is C12H15ClN4O3S. The number of aryl methyl sites for hydroxylation is 1. The third kappa shape index (κ3) is 3.92. The van der Waals surface area contributed by atoms with Crippen molar-refractivity contribution in [1.82, 2.24) is 20.2 Å². The summed E-state index contributed by atoms with van der Waals surface area (Å²) in [5.41, 5.74) is 0.751. The third-order valence-corrected chi connectivity index (χ3v) is 4.14. The molecule has 2 aromatic rings. The maximum absolute atomic E-state index is 11.4. The van der Waals surface area contributed by atoms with Crippen LogP contribution in [0.2, 0.25) is 0 Å². The van der Waals surface area contributed by atoms with Gasteiger partial charge in [-0.2, -0.15) is 4.80 Å². The first kappa shape index (κ1) is 15.7. The van der Waals surface area contributed by atoms with E-state index in [1.54, 1.807) is 13.1 Å². The smallest absolute Gasteiger partial charge is 0.261 e. The summed E-state index contributed by atoms with van der Waals surface area (Å²) >= 11 is 0. The molecule has 9 heteroatoms. The van der Waals surface area contributed by atoms with Crippen LogP contribution in [0.4, 0.5) is 0 Å². The second-order valence-corrected chi connectivity index (χ2v) is 7.34. The van der Waals surface area contributed by atoms with Gasteiger partial charge in [0, 0.05) is 10.7 Å². The summed E-state index contributed by atoms with van der Waals surface area (Å²) in [5, 5.41) is 11.5. The Bertz CT molecular complexity index is 743. The van der Waals surface area contributed by atoms with E-state index < -0.39 is 9.05 Å². The molecular weight excluding hydrogens is 316 g/mol. The summed E-state index contributed by atoms with van der Waals surface area (Å²) in [6, 6.07) is 4.51. The fourth-order valence-electron chi connectivity index (χ4n) is 1.78. The summed E-state index contributed by atoms with van der Waals surface area (Å²) in [6.07, 6.45) is 0. The number of hydrogen-bond donors (Lipinski definition) is 0. The second-order valence-electron chi connectivity index (χ2n) is 4.78. The Hall–Kier alpha value is -1.67. The van der Waals surface area contributed by atoms with Gasteiger partial charge in [0.25, 0.3) is 9.05 Å². The number of benzene rings is 1. The number of halogens is 1. The highest BCUT2D eigenvalue weighted by Crippen LogP contribution is 2.30. The largest absolute Gasteiger partial charge is 0.485 e. The van der Waals surface area contributed by atoms with E-state index in [9.17, 15) is 8.42 Å². The second kappa shape index (κ2) is 5.98. The van der Waals surface area contributed by atoms with Gasteiger partial charge in [-0.25, -0.2) is 8.42 Å². The minimum Gasteiger partial charge on any atom is -0.485 e. The van der Waals surface area contributed by atoms with E-state index in [-0.39, 0.29) is 17.4 Å². The molecule has 0 saturated heterocycles. The predicted octanol–water partition coefficient (Wildman–Crippen LogP) is 1.84. The van der Waals surface area contributed by atoms with Gasteiger partial charge >= 0.3 is 0 Å². The summed E-state index contributed by atoms with van der Waals surface area (Å²) < 4.78 is 28.4. The molecule has 21 heavy (non-hydrogen) atoms. The monoisotopic (exact) mass is 330 g/mol. The normalized spacial score (nSPS) is 11.9. The quantitative estimate of drug-likeness (QED) is 0.777. The Morgan fingerprint density at radius 1 is 1.38 bits per heavy atom. The standard InChI is InChI=1S/C12H15ClN4O3S/c1-8(2)10-6-9(21(13,18)19)4-5-11(10)20-7-12-14-16-17(3)15-12/h4-6,8H,7H2,1-3H3. The lowest BCUT2D eigenvalue weighted by Gasteiger charge is -2.14. The number of aromatic nitrogens is 4. The highest BCUT2D eigenvalue weighted by molar-refractivity contribution is 8.13. The minimum absolute atomic E-state index is 0.0536. The molecule has 0 spiro atoms. The molecule has 7 nitrogen and oxygen atoms in total. The van der Waals surface area contributed by atoms with Crippen LogP contribution in [0.3, 0.4) is 0 Å². The number of rotatable bonds is 5. The zero-order valence-electron chi connectivity index (χ0n) is 11.8. The SMILES string of the molecule is CC(C)c1cc(S(=O)(=O)Cl)ccc1OCc1nnn(C)n1. The van der Waals surface area contributed by atoms with E-state index in [1.807, 2.05) is 13.8 Å². The Morgan fingerprint density at radius 2 is 2.10 bits per heavy atom. The first-order chi connectivity index (χ1) is 9.77. The lowest BCUT2D eigenvalue weighted by atomic mass is 10.0. The van der Waals surface area contributed by atoms with Crippen LogP contribution in [0, 0.1) is 0 Å². The maximum Gasteiger partial charge on any atom is 0.261 e. The molecule has 1 aromatic heterocycles. The van der Waals surface area contributed by atoms with Gasteiger partial charge < -0.3 is 4.74 Å². The van der Waals surface area contributed by atoms with Gasteiger partial charge in [-0.3, -0.25) is 0 Å². The predicted molar refractivity (Wildman–Crippen MR) is 76.7 cm³/mol. The van der Waals surface area contributed by atoms with Crippen molar-refractivity contribution in [1.29, 1.82) is 0 Å². The molecule has 0 radical (unpaired) electrons. The average Bonchev–Trinajstić information content (AvgIpc) is 2.80. The number of ether oxygens (including phenoxy) is 1. The lowest BCUT2D eigenvalue weighted by molar-refractivity contribution is 0.291. The van der Waals surface area contributed by atoms with Gasteiger partial charge in [0.15, 0.2) is 6.61 Å². The van der Waals surface area contributed by atoms with Gasteiger partial charge in [0.2, 0.25) is 5.82 Å².